The molecule has 0 radical (unpaired) electrons. The predicted molar refractivity (Wildman–Crippen MR) is 92.7 cm³/mol. The molecule has 2 aliphatic rings. The van der Waals surface area contributed by atoms with E-state index in [4.69, 9.17) is 0 Å². The van der Waals surface area contributed by atoms with Crippen molar-refractivity contribution in [1.29, 1.82) is 0 Å². The summed E-state index contributed by atoms with van der Waals surface area (Å²) in [6, 6.07) is 13.0. The van der Waals surface area contributed by atoms with Gasteiger partial charge in [0.1, 0.15) is 12.1 Å². The largest absolute Gasteiger partial charge is 0.352 e. The standard InChI is InChI=1S/C19H19N3O3/c1-19(15-8-4-6-12-5-2-3-7-14(12)15)17(24)22(18(25)21-19)11-16(23)20-13-9-10-13/h2-8,13H,9-11H2,1H3,(H,20,23)(H,21,25)/t19-/m0/s1. The van der Waals surface area contributed by atoms with Crippen LogP contribution in [0.25, 0.3) is 10.8 Å². The molecule has 6 heteroatoms. The molecule has 0 aromatic heterocycles. The third-order valence-corrected chi connectivity index (χ3v) is 4.85. The van der Waals surface area contributed by atoms with Crippen LogP contribution in [0.5, 0.6) is 0 Å². The molecule has 2 fully saturated rings. The Bertz CT molecular complexity index is 885. The molecule has 128 valence electrons. The smallest absolute Gasteiger partial charge is 0.325 e. The Labute approximate surface area is 145 Å². The summed E-state index contributed by atoms with van der Waals surface area (Å²) >= 11 is 0. The number of nitrogens with one attached hydrogen (secondary N) is 2. The minimum Gasteiger partial charge on any atom is -0.352 e. The van der Waals surface area contributed by atoms with Crippen LogP contribution in [0, 0.1) is 0 Å². The van der Waals surface area contributed by atoms with Gasteiger partial charge in [0.15, 0.2) is 0 Å². The fourth-order valence-electron chi connectivity index (χ4n) is 3.33. The van der Waals surface area contributed by atoms with E-state index < -0.39 is 17.5 Å². The Balaban J connectivity index is 1.66. The lowest BCUT2D eigenvalue weighted by atomic mass is 9.88. The van der Waals surface area contributed by atoms with E-state index in [2.05, 4.69) is 10.6 Å². The monoisotopic (exact) mass is 337 g/mol. The molecule has 1 atom stereocenters. The van der Waals surface area contributed by atoms with E-state index in [1.165, 1.54) is 0 Å². The summed E-state index contributed by atoms with van der Waals surface area (Å²) < 4.78 is 0. The lowest BCUT2D eigenvalue weighted by Crippen LogP contribution is -2.43. The SMILES string of the molecule is C[C@@]1(c2cccc3ccccc23)NC(=O)N(CC(=O)NC2CC2)C1=O. The van der Waals surface area contributed by atoms with Crippen molar-refractivity contribution >= 4 is 28.6 Å². The maximum absolute atomic E-state index is 13.0. The molecule has 1 heterocycles. The van der Waals surface area contributed by atoms with Crippen LogP contribution >= 0.6 is 0 Å². The normalized spacial score (nSPS) is 23.0. The summed E-state index contributed by atoms with van der Waals surface area (Å²) in [7, 11) is 0. The summed E-state index contributed by atoms with van der Waals surface area (Å²) in [4.78, 5) is 38.4. The van der Waals surface area contributed by atoms with E-state index in [1.807, 2.05) is 42.5 Å². The summed E-state index contributed by atoms with van der Waals surface area (Å²) in [6.07, 6.45) is 1.92. The minimum atomic E-state index is -1.18. The molecule has 0 spiro atoms. The van der Waals surface area contributed by atoms with Crippen molar-refractivity contribution in [3.63, 3.8) is 0 Å². The van der Waals surface area contributed by atoms with Gasteiger partial charge in [-0.3, -0.25) is 14.5 Å². The minimum absolute atomic E-state index is 0.192. The first-order valence-corrected chi connectivity index (χ1v) is 8.41. The number of rotatable bonds is 4. The Morgan fingerprint density at radius 1 is 1.20 bits per heavy atom. The van der Waals surface area contributed by atoms with Gasteiger partial charge in [-0.05, 0) is 36.1 Å². The van der Waals surface area contributed by atoms with Crippen LogP contribution in [0.3, 0.4) is 0 Å². The Morgan fingerprint density at radius 3 is 2.68 bits per heavy atom. The van der Waals surface area contributed by atoms with Gasteiger partial charge in [0.25, 0.3) is 5.91 Å². The van der Waals surface area contributed by atoms with Gasteiger partial charge in [0, 0.05) is 6.04 Å². The van der Waals surface area contributed by atoms with Gasteiger partial charge in [-0.1, -0.05) is 42.5 Å². The zero-order chi connectivity index (χ0) is 17.6. The average Bonchev–Trinajstić information content (AvgIpc) is 3.38. The first-order chi connectivity index (χ1) is 12.0. The van der Waals surface area contributed by atoms with Gasteiger partial charge in [0.2, 0.25) is 5.91 Å². The van der Waals surface area contributed by atoms with Crippen molar-refractivity contribution in [3.05, 3.63) is 48.0 Å². The van der Waals surface area contributed by atoms with Gasteiger partial charge in [-0.2, -0.15) is 0 Å². The van der Waals surface area contributed by atoms with Crippen molar-refractivity contribution in [2.45, 2.75) is 31.3 Å². The van der Waals surface area contributed by atoms with Crippen LogP contribution in [0.15, 0.2) is 42.5 Å². The molecule has 1 saturated heterocycles. The van der Waals surface area contributed by atoms with Crippen molar-refractivity contribution in [3.8, 4) is 0 Å². The third-order valence-electron chi connectivity index (χ3n) is 4.85. The second kappa shape index (κ2) is 5.58. The van der Waals surface area contributed by atoms with Gasteiger partial charge < -0.3 is 10.6 Å². The highest BCUT2D eigenvalue weighted by atomic mass is 16.2. The van der Waals surface area contributed by atoms with Gasteiger partial charge in [-0.15, -0.1) is 0 Å². The molecule has 0 unspecified atom stereocenters. The quantitative estimate of drug-likeness (QED) is 0.836. The number of urea groups is 1. The molecule has 2 aromatic rings. The van der Waals surface area contributed by atoms with Gasteiger partial charge in [-0.25, -0.2) is 4.79 Å². The highest BCUT2D eigenvalue weighted by Gasteiger charge is 2.50. The Morgan fingerprint density at radius 2 is 1.92 bits per heavy atom. The van der Waals surface area contributed by atoms with E-state index in [9.17, 15) is 14.4 Å². The molecule has 4 rings (SSSR count). The number of carbonyl (C=O) groups excluding carboxylic acids is 3. The molecular weight excluding hydrogens is 318 g/mol. The van der Waals surface area contributed by atoms with Crippen LogP contribution < -0.4 is 10.6 Å². The second-order valence-electron chi connectivity index (χ2n) is 6.81. The van der Waals surface area contributed by atoms with Crippen LogP contribution in [0.2, 0.25) is 0 Å². The summed E-state index contributed by atoms with van der Waals surface area (Å²) in [6.45, 7) is 1.44. The highest BCUT2D eigenvalue weighted by Crippen LogP contribution is 2.33. The third kappa shape index (κ3) is 2.63. The van der Waals surface area contributed by atoms with E-state index >= 15 is 0 Å². The van der Waals surface area contributed by atoms with E-state index in [1.54, 1.807) is 6.92 Å². The molecule has 4 amide bonds. The molecule has 1 saturated carbocycles. The molecule has 25 heavy (non-hydrogen) atoms. The Kier molecular flexibility index (Phi) is 3.49. The summed E-state index contributed by atoms with van der Waals surface area (Å²) in [5, 5.41) is 7.48. The second-order valence-corrected chi connectivity index (χ2v) is 6.81. The number of imide groups is 1. The fourth-order valence-corrected chi connectivity index (χ4v) is 3.33. The summed E-state index contributed by atoms with van der Waals surface area (Å²) in [5.41, 5.74) is -0.452. The number of nitrogens with zero attached hydrogens (tertiary/aromatic N) is 1. The lowest BCUT2D eigenvalue weighted by molar-refractivity contribution is -0.134. The first-order valence-electron chi connectivity index (χ1n) is 8.41. The van der Waals surface area contributed by atoms with Crippen LogP contribution in [-0.4, -0.2) is 35.3 Å². The Hall–Kier alpha value is -2.89. The molecule has 6 nitrogen and oxygen atoms in total. The average molecular weight is 337 g/mol. The predicted octanol–water partition coefficient (Wildman–Crippen LogP) is 1.89. The van der Waals surface area contributed by atoms with Crippen LogP contribution in [-0.2, 0) is 15.1 Å². The number of hydrogen-bond donors (Lipinski definition) is 2. The fraction of sp³-hybridized carbons (Fsp3) is 0.316. The van der Waals surface area contributed by atoms with Crippen molar-refractivity contribution in [2.75, 3.05) is 6.54 Å². The zero-order valence-corrected chi connectivity index (χ0v) is 13.9. The molecule has 0 bridgehead atoms. The van der Waals surface area contributed by atoms with E-state index in [-0.39, 0.29) is 18.5 Å². The lowest BCUT2D eigenvalue weighted by Gasteiger charge is -2.24. The number of hydrogen-bond acceptors (Lipinski definition) is 3. The van der Waals surface area contributed by atoms with Crippen molar-refractivity contribution < 1.29 is 14.4 Å². The molecule has 2 aromatic carbocycles. The van der Waals surface area contributed by atoms with Crippen molar-refractivity contribution in [2.24, 2.45) is 0 Å². The highest BCUT2D eigenvalue weighted by molar-refractivity contribution is 6.10. The van der Waals surface area contributed by atoms with Crippen LogP contribution in [0.1, 0.15) is 25.3 Å². The zero-order valence-electron chi connectivity index (χ0n) is 13.9. The molecule has 1 aliphatic carbocycles. The topological polar surface area (TPSA) is 78.5 Å². The molecular formula is C19H19N3O3. The number of amides is 4. The molecule has 1 aliphatic heterocycles. The maximum Gasteiger partial charge on any atom is 0.325 e. The first kappa shape index (κ1) is 15.6. The number of fused-ring (bicyclic) bond motifs is 1. The summed E-state index contributed by atoms with van der Waals surface area (Å²) in [5.74, 6) is -0.701. The van der Waals surface area contributed by atoms with Gasteiger partial charge >= 0.3 is 6.03 Å². The van der Waals surface area contributed by atoms with E-state index in [0.29, 0.717) is 0 Å². The van der Waals surface area contributed by atoms with Crippen LogP contribution in [0.4, 0.5) is 4.79 Å². The molecule has 2 N–H and O–H groups in total. The maximum atomic E-state index is 13.0. The van der Waals surface area contributed by atoms with Gasteiger partial charge in [0.05, 0.1) is 0 Å². The van der Waals surface area contributed by atoms with Crippen molar-refractivity contribution in [1.82, 2.24) is 15.5 Å². The van der Waals surface area contributed by atoms with E-state index in [0.717, 1.165) is 34.1 Å². The number of benzene rings is 2. The number of carbonyl (C=O) groups is 3.